The van der Waals surface area contributed by atoms with Gasteiger partial charge in [0.25, 0.3) is 11.1 Å². The molecule has 0 unspecified atom stereocenters. The number of carbonyl (C=O) groups excluding carboxylic acids is 1. The van der Waals surface area contributed by atoms with Crippen LogP contribution in [-0.2, 0) is 0 Å². The SMILES string of the molecule is O=C(Nc1ccc2ccccc2c1)c1cccc(OC(=S)Nc2ccc(Br)cc2)c1. The Kier molecular flexibility index (Phi) is 6.07. The summed E-state index contributed by atoms with van der Waals surface area (Å²) in [6.45, 7) is 0. The van der Waals surface area contributed by atoms with Gasteiger partial charge >= 0.3 is 0 Å². The molecule has 4 rings (SSSR count). The van der Waals surface area contributed by atoms with E-state index in [1.807, 2.05) is 66.7 Å². The van der Waals surface area contributed by atoms with Gasteiger partial charge in [-0.1, -0.05) is 52.3 Å². The molecule has 4 aromatic rings. The fraction of sp³-hybridized carbons (Fsp3) is 0. The molecule has 0 aliphatic carbocycles. The number of nitrogens with one attached hydrogen (secondary N) is 2. The van der Waals surface area contributed by atoms with Crippen molar-refractivity contribution in [2.24, 2.45) is 0 Å². The zero-order valence-electron chi connectivity index (χ0n) is 15.8. The Morgan fingerprint density at radius 1 is 0.767 bits per heavy atom. The monoisotopic (exact) mass is 476 g/mol. The second-order valence-electron chi connectivity index (χ2n) is 6.57. The maximum absolute atomic E-state index is 12.7. The summed E-state index contributed by atoms with van der Waals surface area (Å²) < 4.78 is 6.65. The van der Waals surface area contributed by atoms with Crippen molar-refractivity contribution in [3.05, 3.63) is 101 Å². The quantitative estimate of drug-likeness (QED) is 0.324. The number of rotatable bonds is 4. The highest BCUT2D eigenvalue weighted by Gasteiger charge is 2.09. The van der Waals surface area contributed by atoms with Gasteiger partial charge in [-0.15, -0.1) is 0 Å². The first-order valence-corrected chi connectivity index (χ1v) is 10.4. The summed E-state index contributed by atoms with van der Waals surface area (Å²) in [5, 5.41) is 8.33. The number of fused-ring (bicyclic) bond motifs is 1. The third-order valence-electron chi connectivity index (χ3n) is 4.40. The van der Waals surface area contributed by atoms with Crippen molar-refractivity contribution in [1.29, 1.82) is 0 Å². The topological polar surface area (TPSA) is 50.4 Å². The van der Waals surface area contributed by atoms with Gasteiger partial charge in [0.15, 0.2) is 0 Å². The number of amides is 1. The van der Waals surface area contributed by atoms with Gasteiger partial charge in [-0.25, -0.2) is 0 Å². The highest BCUT2D eigenvalue weighted by Crippen LogP contribution is 2.21. The van der Waals surface area contributed by atoms with Gasteiger partial charge in [-0.3, -0.25) is 4.79 Å². The van der Waals surface area contributed by atoms with E-state index in [1.54, 1.807) is 24.3 Å². The summed E-state index contributed by atoms with van der Waals surface area (Å²) in [4.78, 5) is 12.7. The number of halogens is 1. The molecule has 30 heavy (non-hydrogen) atoms. The Hall–Kier alpha value is -3.22. The molecule has 0 aliphatic rings. The van der Waals surface area contributed by atoms with Crippen molar-refractivity contribution >= 4 is 61.4 Å². The predicted molar refractivity (Wildman–Crippen MR) is 129 cm³/mol. The summed E-state index contributed by atoms with van der Waals surface area (Å²) >= 11 is 8.66. The molecule has 0 atom stereocenters. The first-order valence-electron chi connectivity index (χ1n) is 9.21. The van der Waals surface area contributed by atoms with Crippen LogP contribution < -0.4 is 15.4 Å². The number of anilines is 2. The third kappa shape index (κ3) is 5.03. The number of benzene rings is 4. The smallest absolute Gasteiger partial charge is 0.266 e. The molecular formula is C24H17BrN2O2S. The fourth-order valence-corrected chi connectivity index (χ4v) is 3.43. The van der Waals surface area contributed by atoms with E-state index in [0.717, 1.165) is 26.6 Å². The summed E-state index contributed by atoms with van der Waals surface area (Å²) in [5.74, 6) is 0.262. The van der Waals surface area contributed by atoms with Crippen LogP contribution in [0.5, 0.6) is 5.75 Å². The van der Waals surface area contributed by atoms with Crippen molar-refractivity contribution in [3.8, 4) is 5.75 Å². The molecule has 4 aromatic carbocycles. The van der Waals surface area contributed by atoms with Crippen LogP contribution in [0.15, 0.2) is 95.5 Å². The van der Waals surface area contributed by atoms with Crippen LogP contribution in [0.1, 0.15) is 10.4 Å². The van der Waals surface area contributed by atoms with Crippen LogP contribution in [0.3, 0.4) is 0 Å². The minimum absolute atomic E-state index is 0.199. The molecule has 0 spiro atoms. The second kappa shape index (κ2) is 9.07. The van der Waals surface area contributed by atoms with Gasteiger partial charge in [0, 0.05) is 21.4 Å². The first kappa shape index (κ1) is 20.1. The molecule has 0 bridgehead atoms. The molecule has 0 aliphatic heterocycles. The summed E-state index contributed by atoms with van der Waals surface area (Å²) in [5.41, 5.74) is 2.03. The number of thiocarbonyl (C=S) groups is 1. The Labute approximate surface area is 188 Å². The highest BCUT2D eigenvalue weighted by atomic mass is 79.9. The van der Waals surface area contributed by atoms with Gasteiger partial charge in [-0.2, -0.15) is 0 Å². The number of hydrogen-bond donors (Lipinski definition) is 2. The number of hydrogen-bond acceptors (Lipinski definition) is 3. The van der Waals surface area contributed by atoms with Gasteiger partial charge in [0.2, 0.25) is 0 Å². The number of carbonyl (C=O) groups is 1. The standard InChI is InChI=1S/C24H17BrN2O2S/c25-19-9-12-20(13-10-19)27-24(30)29-22-7-3-6-18(15-22)23(28)26-21-11-8-16-4-1-2-5-17(16)14-21/h1-15H,(H,26,28)(H,27,30). The van der Waals surface area contributed by atoms with E-state index in [0.29, 0.717) is 11.3 Å². The Morgan fingerprint density at radius 3 is 2.30 bits per heavy atom. The minimum Gasteiger partial charge on any atom is -0.432 e. The lowest BCUT2D eigenvalue weighted by molar-refractivity contribution is 0.102. The van der Waals surface area contributed by atoms with Crippen molar-refractivity contribution in [3.63, 3.8) is 0 Å². The van der Waals surface area contributed by atoms with Crippen LogP contribution in [0.25, 0.3) is 10.8 Å². The van der Waals surface area contributed by atoms with E-state index < -0.39 is 0 Å². The lowest BCUT2D eigenvalue weighted by Gasteiger charge is -2.11. The molecule has 4 nitrogen and oxygen atoms in total. The lowest BCUT2D eigenvalue weighted by atomic mass is 10.1. The molecule has 0 saturated heterocycles. The average molecular weight is 477 g/mol. The highest BCUT2D eigenvalue weighted by molar-refractivity contribution is 9.10. The van der Waals surface area contributed by atoms with E-state index in [2.05, 4.69) is 26.6 Å². The van der Waals surface area contributed by atoms with Gasteiger partial charge < -0.3 is 15.4 Å². The molecule has 0 radical (unpaired) electrons. The summed E-state index contributed by atoms with van der Waals surface area (Å²) in [7, 11) is 0. The van der Waals surface area contributed by atoms with Gasteiger partial charge in [-0.05, 0) is 77.6 Å². The molecular weight excluding hydrogens is 460 g/mol. The van der Waals surface area contributed by atoms with Crippen molar-refractivity contribution < 1.29 is 9.53 Å². The van der Waals surface area contributed by atoms with E-state index in [1.165, 1.54) is 0 Å². The summed E-state index contributed by atoms with van der Waals surface area (Å²) in [6.07, 6.45) is 0. The molecule has 148 valence electrons. The molecule has 0 heterocycles. The van der Waals surface area contributed by atoms with Crippen molar-refractivity contribution in [2.45, 2.75) is 0 Å². The van der Waals surface area contributed by atoms with Crippen LogP contribution in [0, 0.1) is 0 Å². The first-order chi connectivity index (χ1) is 14.6. The molecule has 0 saturated carbocycles. The number of ether oxygens (including phenoxy) is 1. The minimum atomic E-state index is -0.220. The Bertz CT molecular complexity index is 1230. The molecule has 0 aromatic heterocycles. The van der Waals surface area contributed by atoms with Gasteiger partial charge in [0.1, 0.15) is 5.75 Å². The van der Waals surface area contributed by atoms with E-state index in [9.17, 15) is 4.79 Å². The lowest BCUT2D eigenvalue weighted by Crippen LogP contribution is -2.17. The Balaban J connectivity index is 1.43. The average Bonchev–Trinajstić information content (AvgIpc) is 2.75. The second-order valence-corrected chi connectivity index (χ2v) is 7.85. The largest absolute Gasteiger partial charge is 0.432 e. The normalized spacial score (nSPS) is 10.4. The maximum atomic E-state index is 12.7. The molecule has 1 amide bonds. The maximum Gasteiger partial charge on any atom is 0.266 e. The predicted octanol–water partition coefficient (Wildman–Crippen LogP) is 6.63. The molecule has 6 heteroatoms. The van der Waals surface area contributed by atoms with Crippen molar-refractivity contribution in [2.75, 3.05) is 10.6 Å². The van der Waals surface area contributed by atoms with Crippen LogP contribution in [0.4, 0.5) is 11.4 Å². The fourth-order valence-electron chi connectivity index (χ4n) is 2.95. The van der Waals surface area contributed by atoms with Crippen LogP contribution >= 0.6 is 28.1 Å². The van der Waals surface area contributed by atoms with Crippen LogP contribution in [-0.4, -0.2) is 11.1 Å². The van der Waals surface area contributed by atoms with Gasteiger partial charge in [0.05, 0.1) is 0 Å². The van der Waals surface area contributed by atoms with E-state index >= 15 is 0 Å². The molecule has 0 fully saturated rings. The zero-order chi connectivity index (χ0) is 20.9. The van der Waals surface area contributed by atoms with E-state index in [4.69, 9.17) is 17.0 Å². The van der Waals surface area contributed by atoms with Crippen molar-refractivity contribution in [1.82, 2.24) is 0 Å². The summed E-state index contributed by atoms with van der Waals surface area (Å²) in [6, 6.07) is 28.3. The third-order valence-corrected chi connectivity index (χ3v) is 5.12. The zero-order valence-corrected chi connectivity index (χ0v) is 18.2. The van der Waals surface area contributed by atoms with Crippen LogP contribution in [0.2, 0.25) is 0 Å². The molecule has 2 N–H and O–H groups in total. The Morgan fingerprint density at radius 2 is 1.50 bits per heavy atom. The van der Waals surface area contributed by atoms with E-state index in [-0.39, 0.29) is 11.1 Å².